The second kappa shape index (κ2) is 7.61. The molecule has 1 saturated heterocycles. The Kier molecular flexibility index (Phi) is 6.01. The van der Waals surface area contributed by atoms with Gasteiger partial charge in [-0.2, -0.15) is 4.31 Å². The molecule has 130 valence electrons. The zero-order chi connectivity index (χ0) is 16.9. The molecule has 0 spiro atoms. The molecule has 1 N–H and O–H groups in total. The Bertz CT molecular complexity index is 708. The first-order chi connectivity index (χ1) is 10.8. The van der Waals surface area contributed by atoms with Gasteiger partial charge in [-0.3, -0.25) is 4.72 Å². The molecule has 0 atom stereocenters. The van der Waals surface area contributed by atoms with Crippen LogP contribution in [0.5, 0.6) is 0 Å². The fraction of sp³-hybridized carbons (Fsp3) is 0.571. The zero-order valence-electron chi connectivity index (χ0n) is 13.1. The summed E-state index contributed by atoms with van der Waals surface area (Å²) in [4.78, 5) is 0.149. The van der Waals surface area contributed by atoms with E-state index in [0.717, 1.165) is 6.42 Å². The molecule has 2 rings (SSSR count). The highest BCUT2D eigenvalue weighted by Gasteiger charge is 2.26. The van der Waals surface area contributed by atoms with Crippen LogP contribution >= 0.6 is 0 Å². The lowest BCUT2D eigenvalue weighted by Crippen LogP contribution is -2.40. The second-order valence-corrected chi connectivity index (χ2v) is 9.10. The Morgan fingerprint density at radius 2 is 1.70 bits per heavy atom. The minimum Gasteiger partial charge on any atom is -0.379 e. The number of anilines is 1. The number of unbranched alkanes of at least 4 members (excludes halogenated alkanes) is 1. The van der Waals surface area contributed by atoms with Gasteiger partial charge in [-0.25, -0.2) is 16.8 Å². The summed E-state index contributed by atoms with van der Waals surface area (Å²) < 4.78 is 57.6. The number of ether oxygens (including phenoxy) is 1. The van der Waals surface area contributed by atoms with E-state index in [4.69, 9.17) is 4.74 Å². The molecular weight excluding hydrogens is 340 g/mol. The fourth-order valence-corrected chi connectivity index (χ4v) is 4.87. The molecule has 1 aliphatic rings. The number of nitrogens with zero attached hydrogens (tertiary/aromatic N) is 1. The summed E-state index contributed by atoms with van der Waals surface area (Å²) in [6.07, 6.45) is 1.37. The van der Waals surface area contributed by atoms with Crippen LogP contribution < -0.4 is 4.72 Å². The lowest BCUT2D eigenvalue weighted by Gasteiger charge is -2.26. The van der Waals surface area contributed by atoms with Crippen molar-refractivity contribution in [2.75, 3.05) is 36.8 Å². The van der Waals surface area contributed by atoms with Gasteiger partial charge in [0, 0.05) is 18.8 Å². The van der Waals surface area contributed by atoms with Crippen LogP contribution in [0.3, 0.4) is 0 Å². The first-order valence-electron chi connectivity index (χ1n) is 7.53. The average Bonchev–Trinajstić information content (AvgIpc) is 2.54. The maximum atomic E-state index is 12.5. The van der Waals surface area contributed by atoms with Crippen molar-refractivity contribution in [3.05, 3.63) is 24.3 Å². The zero-order valence-corrected chi connectivity index (χ0v) is 14.7. The number of nitrogens with one attached hydrogen (secondary N) is 1. The van der Waals surface area contributed by atoms with Crippen LogP contribution in [-0.2, 0) is 24.8 Å². The Morgan fingerprint density at radius 1 is 1.09 bits per heavy atom. The SMILES string of the molecule is CCCCS(=O)(=O)Nc1ccc(S(=O)(=O)N2CCOCC2)cc1. The van der Waals surface area contributed by atoms with Crippen LogP contribution in [0.2, 0.25) is 0 Å². The summed E-state index contributed by atoms with van der Waals surface area (Å²) >= 11 is 0. The van der Waals surface area contributed by atoms with E-state index < -0.39 is 20.0 Å². The molecule has 9 heteroatoms. The number of benzene rings is 1. The van der Waals surface area contributed by atoms with Gasteiger partial charge in [-0.05, 0) is 30.7 Å². The Balaban J connectivity index is 2.10. The number of hydrogen-bond donors (Lipinski definition) is 1. The largest absolute Gasteiger partial charge is 0.379 e. The van der Waals surface area contributed by atoms with Gasteiger partial charge in [-0.1, -0.05) is 13.3 Å². The molecule has 7 nitrogen and oxygen atoms in total. The van der Waals surface area contributed by atoms with Gasteiger partial charge in [0.15, 0.2) is 0 Å². The van der Waals surface area contributed by atoms with E-state index in [1.165, 1.54) is 28.6 Å². The van der Waals surface area contributed by atoms with E-state index in [9.17, 15) is 16.8 Å². The van der Waals surface area contributed by atoms with Gasteiger partial charge in [0.1, 0.15) is 0 Å². The van der Waals surface area contributed by atoms with Crippen molar-refractivity contribution in [1.82, 2.24) is 4.31 Å². The quantitative estimate of drug-likeness (QED) is 0.788. The van der Waals surface area contributed by atoms with Crippen LogP contribution in [0.25, 0.3) is 0 Å². The van der Waals surface area contributed by atoms with Crippen molar-refractivity contribution in [2.24, 2.45) is 0 Å². The first-order valence-corrected chi connectivity index (χ1v) is 10.6. The van der Waals surface area contributed by atoms with Crippen molar-refractivity contribution in [2.45, 2.75) is 24.7 Å². The summed E-state index contributed by atoms with van der Waals surface area (Å²) in [5.41, 5.74) is 0.363. The first kappa shape index (κ1) is 18.2. The maximum absolute atomic E-state index is 12.5. The molecule has 0 radical (unpaired) electrons. The lowest BCUT2D eigenvalue weighted by atomic mass is 10.3. The van der Waals surface area contributed by atoms with Crippen molar-refractivity contribution < 1.29 is 21.6 Å². The number of hydrogen-bond acceptors (Lipinski definition) is 5. The van der Waals surface area contributed by atoms with E-state index in [1.807, 2.05) is 6.92 Å². The average molecular weight is 362 g/mol. The normalized spacial score (nSPS) is 17.1. The predicted molar refractivity (Wildman–Crippen MR) is 88.3 cm³/mol. The molecule has 0 bridgehead atoms. The smallest absolute Gasteiger partial charge is 0.243 e. The van der Waals surface area contributed by atoms with E-state index in [1.54, 1.807) is 0 Å². The Labute approximate surface area is 137 Å². The van der Waals surface area contributed by atoms with Gasteiger partial charge in [0.2, 0.25) is 20.0 Å². The third-order valence-corrected chi connectivity index (χ3v) is 6.79. The van der Waals surface area contributed by atoms with Gasteiger partial charge in [0.25, 0.3) is 0 Å². The molecular formula is C14H22N2O5S2. The standard InChI is InChI=1S/C14H22N2O5S2/c1-2-3-12-22(17,18)15-13-4-6-14(7-5-13)23(19,20)16-8-10-21-11-9-16/h4-7,15H,2-3,8-12H2,1H3. The Hall–Kier alpha value is -1.16. The van der Waals surface area contributed by atoms with Gasteiger partial charge >= 0.3 is 0 Å². The van der Waals surface area contributed by atoms with E-state index in [-0.39, 0.29) is 10.6 Å². The number of rotatable bonds is 7. The van der Waals surface area contributed by atoms with E-state index in [2.05, 4.69) is 4.72 Å². The van der Waals surface area contributed by atoms with Gasteiger partial charge in [0.05, 0.1) is 23.9 Å². The summed E-state index contributed by atoms with van der Waals surface area (Å²) in [7, 11) is -6.95. The minimum atomic E-state index is -3.56. The number of sulfonamides is 2. The lowest BCUT2D eigenvalue weighted by molar-refractivity contribution is 0.0730. The number of morpholine rings is 1. The molecule has 1 aliphatic heterocycles. The van der Waals surface area contributed by atoms with Crippen LogP contribution in [0.1, 0.15) is 19.8 Å². The summed E-state index contributed by atoms with van der Waals surface area (Å²) in [5.74, 6) is 0.0529. The van der Waals surface area contributed by atoms with Crippen molar-refractivity contribution in [3.8, 4) is 0 Å². The summed E-state index contributed by atoms with van der Waals surface area (Å²) in [6.45, 7) is 3.34. The molecule has 0 saturated carbocycles. The highest BCUT2D eigenvalue weighted by molar-refractivity contribution is 7.92. The topological polar surface area (TPSA) is 92.8 Å². The molecule has 1 aromatic rings. The van der Waals surface area contributed by atoms with E-state index >= 15 is 0 Å². The molecule has 0 unspecified atom stereocenters. The summed E-state index contributed by atoms with van der Waals surface area (Å²) in [6, 6.07) is 5.78. The second-order valence-electron chi connectivity index (χ2n) is 5.32. The molecule has 1 aromatic carbocycles. The highest BCUT2D eigenvalue weighted by atomic mass is 32.2. The molecule has 0 amide bonds. The monoisotopic (exact) mass is 362 g/mol. The molecule has 1 fully saturated rings. The van der Waals surface area contributed by atoms with Crippen LogP contribution in [0, 0.1) is 0 Å². The van der Waals surface area contributed by atoms with Crippen LogP contribution in [-0.4, -0.2) is 53.2 Å². The molecule has 23 heavy (non-hydrogen) atoms. The van der Waals surface area contributed by atoms with Crippen molar-refractivity contribution >= 4 is 25.7 Å². The predicted octanol–water partition coefficient (Wildman–Crippen LogP) is 1.25. The van der Waals surface area contributed by atoms with Crippen LogP contribution in [0.15, 0.2) is 29.2 Å². The van der Waals surface area contributed by atoms with Crippen LogP contribution in [0.4, 0.5) is 5.69 Å². The maximum Gasteiger partial charge on any atom is 0.243 e. The fourth-order valence-electron chi connectivity index (χ4n) is 2.20. The van der Waals surface area contributed by atoms with Crippen molar-refractivity contribution in [1.29, 1.82) is 0 Å². The summed E-state index contributed by atoms with van der Waals surface area (Å²) in [5, 5.41) is 0. The van der Waals surface area contributed by atoms with Gasteiger partial charge < -0.3 is 4.74 Å². The third-order valence-electron chi connectivity index (χ3n) is 3.50. The van der Waals surface area contributed by atoms with Gasteiger partial charge in [-0.15, -0.1) is 0 Å². The molecule has 0 aromatic heterocycles. The van der Waals surface area contributed by atoms with E-state index in [0.29, 0.717) is 38.4 Å². The minimum absolute atomic E-state index is 0.0529. The highest BCUT2D eigenvalue weighted by Crippen LogP contribution is 2.20. The Morgan fingerprint density at radius 3 is 2.26 bits per heavy atom. The molecule has 1 heterocycles. The third kappa shape index (κ3) is 4.90. The molecule has 0 aliphatic carbocycles. The van der Waals surface area contributed by atoms with Crippen molar-refractivity contribution in [3.63, 3.8) is 0 Å².